The van der Waals surface area contributed by atoms with E-state index in [-0.39, 0.29) is 5.91 Å². The molecule has 2 N–H and O–H groups in total. The second-order valence-corrected chi connectivity index (χ2v) is 6.11. The van der Waals surface area contributed by atoms with Gasteiger partial charge in [0.1, 0.15) is 5.75 Å². The number of para-hydroxylation sites is 1. The van der Waals surface area contributed by atoms with E-state index in [0.717, 1.165) is 18.4 Å². The Hall–Kier alpha value is -1.26. The second-order valence-electron chi connectivity index (χ2n) is 5.70. The minimum Gasteiger partial charge on any atom is -0.491 e. The average Bonchev–Trinajstić information content (AvgIpc) is 3.22. The summed E-state index contributed by atoms with van der Waals surface area (Å²) in [6.45, 7) is 5.22. The van der Waals surface area contributed by atoms with Crippen molar-refractivity contribution in [2.75, 3.05) is 6.61 Å². The van der Waals surface area contributed by atoms with Crippen molar-refractivity contribution in [1.29, 1.82) is 0 Å². The zero-order valence-corrected chi connectivity index (χ0v) is 13.4. The molecule has 1 aromatic carbocycles. The zero-order valence-electron chi connectivity index (χ0n) is 12.6. The summed E-state index contributed by atoms with van der Waals surface area (Å²) < 4.78 is 5.74. The standard InChI is InChI=1S/C16H23ClN2O2/c1-11(2)18-10-12-4-3-5-14(17)16(12)21-9-8-15(20)19-13-6-7-13/h3-5,11,13,18H,6-10H2,1-2H3,(H,19,20). The number of hydrogen-bond acceptors (Lipinski definition) is 3. The van der Waals surface area contributed by atoms with Crippen LogP contribution in [0.4, 0.5) is 0 Å². The third-order valence-electron chi connectivity index (χ3n) is 3.27. The highest BCUT2D eigenvalue weighted by molar-refractivity contribution is 6.32. The van der Waals surface area contributed by atoms with Gasteiger partial charge in [-0.3, -0.25) is 4.79 Å². The zero-order chi connectivity index (χ0) is 15.2. The van der Waals surface area contributed by atoms with Gasteiger partial charge in [-0.2, -0.15) is 0 Å². The van der Waals surface area contributed by atoms with Gasteiger partial charge in [-0.05, 0) is 18.9 Å². The Kier molecular flexibility index (Phi) is 5.88. The molecule has 0 spiro atoms. The summed E-state index contributed by atoms with van der Waals surface area (Å²) in [7, 11) is 0. The maximum atomic E-state index is 11.6. The first-order chi connectivity index (χ1) is 10.1. The molecule has 1 aromatic rings. The van der Waals surface area contributed by atoms with E-state index in [2.05, 4.69) is 24.5 Å². The van der Waals surface area contributed by atoms with Crippen molar-refractivity contribution in [3.05, 3.63) is 28.8 Å². The van der Waals surface area contributed by atoms with Gasteiger partial charge in [-0.15, -0.1) is 0 Å². The van der Waals surface area contributed by atoms with Crippen LogP contribution in [0.2, 0.25) is 5.02 Å². The minimum atomic E-state index is 0.0476. The van der Waals surface area contributed by atoms with Crippen LogP contribution in [-0.2, 0) is 11.3 Å². The summed E-state index contributed by atoms with van der Waals surface area (Å²) >= 11 is 6.20. The van der Waals surface area contributed by atoms with Gasteiger partial charge in [0, 0.05) is 24.2 Å². The average molecular weight is 311 g/mol. The van der Waals surface area contributed by atoms with Gasteiger partial charge >= 0.3 is 0 Å². The lowest BCUT2D eigenvalue weighted by Crippen LogP contribution is -2.27. The van der Waals surface area contributed by atoms with E-state index >= 15 is 0 Å². The van der Waals surface area contributed by atoms with Crippen molar-refractivity contribution >= 4 is 17.5 Å². The van der Waals surface area contributed by atoms with Crippen LogP contribution in [0.1, 0.15) is 38.7 Å². The van der Waals surface area contributed by atoms with Crippen LogP contribution in [0.3, 0.4) is 0 Å². The van der Waals surface area contributed by atoms with Crippen molar-refractivity contribution < 1.29 is 9.53 Å². The topological polar surface area (TPSA) is 50.4 Å². The van der Waals surface area contributed by atoms with Crippen molar-refractivity contribution in [2.45, 2.75) is 51.7 Å². The highest BCUT2D eigenvalue weighted by Gasteiger charge is 2.23. The van der Waals surface area contributed by atoms with Crippen molar-refractivity contribution in [3.63, 3.8) is 0 Å². The fourth-order valence-corrected chi connectivity index (χ4v) is 2.19. The molecule has 1 amide bonds. The van der Waals surface area contributed by atoms with Gasteiger partial charge in [0.15, 0.2) is 0 Å². The molecule has 1 aliphatic carbocycles. The Balaban J connectivity index is 1.86. The monoisotopic (exact) mass is 310 g/mol. The highest BCUT2D eigenvalue weighted by Crippen LogP contribution is 2.29. The first kappa shape index (κ1) is 16.1. The van der Waals surface area contributed by atoms with Crippen LogP contribution in [-0.4, -0.2) is 24.6 Å². The number of benzene rings is 1. The van der Waals surface area contributed by atoms with E-state index in [1.165, 1.54) is 0 Å². The first-order valence-electron chi connectivity index (χ1n) is 7.49. The third-order valence-corrected chi connectivity index (χ3v) is 3.56. The molecule has 2 rings (SSSR count). The molecule has 1 fully saturated rings. The summed E-state index contributed by atoms with van der Waals surface area (Å²) in [5.41, 5.74) is 1.01. The predicted octanol–water partition coefficient (Wildman–Crippen LogP) is 2.89. The van der Waals surface area contributed by atoms with Crippen LogP contribution in [0.15, 0.2) is 18.2 Å². The Morgan fingerprint density at radius 1 is 1.43 bits per heavy atom. The predicted molar refractivity (Wildman–Crippen MR) is 84.7 cm³/mol. The van der Waals surface area contributed by atoms with E-state index in [1.54, 1.807) is 6.07 Å². The van der Waals surface area contributed by atoms with E-state index in [4.69, 9.17) is 16.3 Å². The summed E-state index contributed by atoms with van der Waals surface area (Å²) in [5.74, 6) is 0.720. The van der Waals surface area contributed by atoms with Gasteiger partial charge < -0.3 is 15.4 Å². The molecule has 5 heteroatoms. The molecule has 0 unspecified atom stereocenters. The molecular formula is C16H23ClN2O2. The lowest BCUT2D eigenvalue weighted by atomic mass is 10.2. The van der Waals surface area contributed by atoms with Crippen LogP contribution in [0, 0.1) is 0 Å². The summed E-state index contributed by atoms with van der Waals surface area (Å²) in [6, 6.07) is 6.48. The van der Waals surface area contributed by atoms with Crippen LogP contribution in [0.25, 0.3) is 0 Å². The van der Waals surface area contributed by atoms with Crippen LogP contribution < -0.4 is 15.4 Å². The number of nitrogens with one attached hydrogen (secondary N) is 2. The normalized spacial score (nSPS) is 14.3. The number of amides is 1. The first-order valence-corrected chi connectivity index (χ1v) is 7.87. The molecule has 0 aliphatic heterocycles. The smallest absolute Gasteiger partial charge is 0.223 e. The number of carbonyl (C=O) groups excluding carboxylic acids is 1. The summed E-state index contributed by atoms with van der Waals surface area (Å²) in [4.78, 5) is 11.6. The molecule has 0 bridgehead atoms. The molecule has 1 saturated carbocycles. The van der Waals surface area contributed by atoms with E-state index in [1.807, 2.05) is 12.1 Å². The molecule has 21 heavy (non-hydrogen) atoms. The highest BCUT2D eigenvalue weighted by atomic mass is 35.5. The Morgan fingerprint density at radius 3 is 2.86 bits per heavy atom. The van der Waals surface area contributed by atoms with E-state index < -0.39 is 0 Å². The molecule has 1 aliphatic rings. The van der Waals surface area contributed by atoms with E-state index in [0.29, 0.717) is 42.4 Å². The molecular weight excluding hydrogens is 288 g/mol. The molecule has 0 aromatic heterocycles. The number of ether oxygens (including phenoxy) is 1. The van der Waals surface area contributed by atoms with Gasteiger partial charge in [0.05, 0.1) is 18.1 Å². The Labute approximate surface area is 131 Å². The largest absolute Gasteiger partial charge is 0.491 e. The Bertz CT molecular complexity index is 487. The molecule has 116 valence electrons. The van der Waals surface area contributed by atoms with E-state index in [9.17, 15) is 4.79 Å². The van der Waals surface area contributed by atoms with Crippen molar-refractivity contribution in [3.8, 4) is 5.75 Å². The molecule has 0 heterocycles. The van der Waals surface area contributed by atoms with Gasteiger partial charge in [0.25, 0.3) is 0 Å². The van der Waals surface area contributed by atoms with Crippen LogP contribution in [0.5, 0.6) is 5.75 Å². The molecule has 0 saturated heterocycles. The van der Waals surface area contributed by atoms with Gasteiger partial charge in [-0.1, -0.05) is 37.6 Å². The summed E-state index contributed by atoms with van der Waals surface area (Å²) in [6.07, 6.45) is 2.56. The molecule has 4 nitrogen and oxygen atoms in total. The quantitative estimate of drug-likeness (QED) is 0.776. The number of rotatable bonds is 8. The third kappa shape index (κ3) is 5.56. The number of halogens is 1. The van der Waals surface area contributed by atoms with Gasteiger partial charge in [-0.25, -0.2) is 0 Å². The Morgan fingerprint density at radius 2 is 2.19 bits per heavy atom. The molecule has 0 radical (unpaired) electrons. The second kappa shape index (κ2) is 7.66. The SMILES string of the molecule is CC(C)NCc1cccc(Cl)c1OCCC(=O)NC1CC1. The van der Waals surface area contributed by atoms with Crippen molar-refractivity contribution in [1.82, 2.24) is 10.6 Å². The fourth-order valence-electron chi connectivity index (χ4n) is 1.94. The number of hydrogen-bond donors (Lipinski definition) is 2. The maximum absolute atomic E-state index is 11.6. The van der Waals surface area contributed by atoms with Gasteiger partial charge in [0.2, 0.25) is 5.91 Å². The van der Waals surface area contributed by atoms with Crippen LogP contribution >= 0.6 is 11.6 Å². The summed E-state index contributed by atoms with van der Waals surface area (Å²) in [5, 5.41) is 6.87. The van der Waals surface area contributed by atoms with Crippen molar-refractivity contribution in [2.24, 2.45) is 0 Å². The lowest BCUT2D eigenvalue weighted by molar-refractivity contribution is -0.121. The lowest BCUT2D eigenvalue weighted by Gasteiger charge is -2.15. The minimum absolute atomic E-state index is 0.0476. The fraction of sp³-hybridized carbons (Fsp3) is 0.562. The number of carbonyl (C=O) groups is 1. The molecule has 0 atom stereocenters. The maximum Gasteiger partial charge on any atom is 0.223 e.